The standard InChI is InChI=1S/C12H17NO4/c1-3-12(4-2,11(15)16)8-13-10(14)9-5-6-17-7-9/h5-7H,3-4,8H2,1-2H3,(H,13,14)(H,15,16). The molecule has 1 aromatic rings. The summed E-state index contributed by atoms with van der Waals surface area (Å²) < 4.78 is 4.79. The molecule has 1 amide bonds. The van der Waals surface area contributed by atoms with Gasteiger partial charge in [0.1, 0.15) is 6.26 Å². The molecule has 1 heterocycles. The summed E-state index contributed by atoms with van der Waals surface area (Å²) in [6.07, 6.45) is 3.68. The van der Waals surface area contributed by atoms with Gasteiger partial charge < -0.3 is 14.8 Å². The normalized spacial score (nSPS) is 11.2. The van der Waals surface area contributed by atoms with Crippen molar-refractivity contribution in [1.29, 1.82) is 0 Å². The summed E-state index contributed by atoms with van der Waals surface area (Å²) in [4.78, 5) is 22.9. The highest BCUT2D eigenvalue weighted by atomic mass is 16.4. The molecule has 1 rings (SSSR count). The van der Waals surface area contributed by atoms with E-state index in [1.165, 1.54) is 18.6 Å². The number of furan rings is 1. The second-order valence-corrected chi connectivity index (χ2v) is 3.99. The van der Waals surface area contributed by atoms with Crippen LogP contribution in [0.15, 0.2) is 23.0 Å². The van der Waals surface area contributed by atoms with E-state index in [-0.39, 0.29) is 12.5 Å². The van der Waals surface area contributed by atoms with Crippen LogP contribution >= 0.6 is 0 Å². The van der Waals surface area contributed by atoms with Crippen molar-refractivity contribution < 1.29 is 19.1 Å². The zero-order valence-corrected chi connectivity index (χ0v) is 10.0. The number of hydrogen-bond acceptors (Lipinski definition) is 3. The van der Waals surface area contributed by atoms with Gasteiger partial charge in [-0.15, -0.1) is 0 Å². The van der Waals surface area contributed by atoms with Gasteiger partial charge in [-0.25, -0.2) is 0 Å². The molecular weight excluding hydrogens is 222 g/mol. The molecule has 0 saturated carbocycles. The highest BCUT2D eigenvalue weighted by molar-refractivity contribution is 5.94. The Morgan fingerprint density at radius 3 is 2.47 bits per heavy atom. The zero-order valence-electron chi connectivity index (χ0n) is 10.0. The van der Waals surface area contributed by atoms with Crippen LogP contribution in [0.5, 0.6) is 0 Å². The Morgan fingerprint density at radius 2 is 2.06 bits per heavy atom. The van der Waals surface area contributed by atoms with E-state index in [9.17, 15) is 14.7 Å². The van der Waals surface area contributed by atoms with Crippen LogP contribution in [0.25, 0.3) is 0 Å². The van der Waals surface area contributed by atoms with Gasteiger partial charge in [0.05, 0.1) is 17.2 Å². The maximum Gasteiger partial charge on any atom is 0.311 e. The molecule has 2 N–H and O–H groups in total. The van der Waals surface area contributed by atoms with Crippen molar-refractivity contribution in [1.82, 2.24) is 5.32 Å². The van der Waals surface area contributed by atoms with Gasteiger partial charge in [-0.1, -0.05) is 13.8 Å². The van der Waals surface area contributed by atoms with E-state index in [1.807, 2.05) is 13.8 Å². The second-order valence-electron chi connectivity index (χ2n) is 3.99. The summed E-state index contributed by atoms with van der Waals surface area (Å²) in [6.45, 7) is 3.74. The van der Waals surface area contributed by atoms with Crippen LogP contribution < -0.4 is 5.32 Å². The third kappa shape index (κ3) is 2.87. The lowest BCUT2D eigenvalue weighted by Gasteiger charge is -2.26. The number of carboxylic acids is 1. The van der Waals surface area contributed by atoms with E-state index in [4.69, 9.17) is 4.42 Å². The Hall–Kier alpha value is -1.78. The van der Waals surface area contributed by atoms with E-state index >= 15 is 0 Å². The van der Waals surface area contributed by atoms with Crippen molar-refractivity contribution in [3.05, 3.63) is 24.2 Å². The topological polar surface area (TPSA) is 79.5 Å². The summed E-state index contributed by atoms with van der Waals surface area (Å²) in [7, 11) is 0. The first-order valence-electron chi connectivity index (χ1n) is 5.59. The molecule has 94 valence electrons. The number of carbonyl (C=O) groups is 2. The fourth-order valence-electron chi connectivity index (χ4n) is 1.62. The maximum atomic E-state index is 11.6. The molecule has 0 aliphatic carbocycles. The first kappa shape index (κ1) is 13.3. The summed E-state index contributed by atoms with van der Waals surface area (Å²) >= 11 is 0. The highest BCUT2D eigenvalue weighted by Crippen LogP contribution is 2.25. The molecule has 0 spiro atoms. The number of carbonyl (C=O) groups excluding carboxylic acids is 1. The number of hydrogen-bond donors (Lipinski definition) is 2. The third-order valence-electron chi connectivity index (χ3n) is 3.18. The SMILES string of the molecule is CCC(CC)(CNC(=O)c1ccoc1)C(=O)O. The van der Waals surface area contributed by atoms with Crippen molar-refractivity contribution >= 4 is 11.9 Å². The van der Waals surface area contributed by atoms with Crippen molar-refractivity contribution in [2.24, 2.45) is 5.41 Å². The molecule has 5 heteroatoms. The number of carboxylic acid groups (broad SMARTS) is 1. The van der Waals surface area contributed by atoms with Crippen molar-refractivity contribution in [3.8, 4) is 0 Å². The molecule has 1 aromatic heterocycles. The fourth-order valence-corrected chi connectivity index (χ4v) is 1.62. The van der Waals surface area contributed by atoms with Gasteiger partial charge >= 0.3 is 5.97 Å². The molecule has 0 bridgehead atoms. The van der Waals surface area contributed by atoms with E-state index in [0.717, 1.165) is 0 Å². The fraction of sp³-hybridized carbons (Fsp3) is 0.500. The molecular formula is C12H17NO4. The molecule has 5 nitrogen and oxygen atoms in total. The van der Waals surface area contributed by atoms with E-state index < -0.39 is 11.4 Å². The van der Waals surface area contributed by atoms with E-state index in [1.54, 1.807) is 0 Å². The first-order chi connectivity index (χ1) is 8.05. The highest BCUT2D eigenvalue weighted by Gasteiger charge is 2.35. The van der Waals surface area contributed by atoms with E-state index in [2.05, 4.69) is 5.32 Å². The Bertz CT molecular complexity index is 379. The van der Waals surface area contributed by atoms with Crippen LogP contribution in [-0.4, -0.2) is 23.5 Å². The van der Waals surface area contributed by atoms with Crippen molar-refractivity contribution in [2.45, 2.75) is 26.7 Å². The molecule has 0 aromatic carbocycles. The molecule has 0 radical (unpaired) electrons. The van der Waals surface area contributed by atoms with Crippen LogP contribution in [0, 0.1) is 5.41 Å². The molecule has 17 heavy (non-hydrogen) atoms. The lowest BCUT2D eigenvalue weighted by Crippen LogP contribution is -2.42. The number of rotatable bonds is 6. The largest absolute Gasteiger partial charge is 0.481 e. The summed E-state index contributed by atoms with van der Waals surface area (Å²) in [5, 5.41) is 11.8. The maximum absolute atomic E-state index is 11.6. The molecule has 0 aliphatic rings. The smallest absolute Gasteiger partial charge is 0.311 e. The van der Waals surface area contributed by atoms with E-state index in [0.29, 0.717) is 18.4 Å². The average Bonchev–Trinajstić information content (AvgIpc) is 2.84. The monoisotopic (exact) mass is 239 g/mol. The van der Waals surface area contributed by atoms with Gasteiger partial charge in [0.15, 0.2) is 0 Å². The predicted molar refractivity (Wildman–Crippen MR) is 61.7 cm³/mol. The van der Waals surface area contributed by atoms with Gasteiger partial charge in [0.2, 0.25) is 0 Å². The van der Waals surface area contributed by atoms with Crippen LogP contribution in [0.3, 0.4) is 0 Å². The third-order valence-corrected chi connectivity index (χ3v) is 3.18. The quantitative estimate of drug-likeness (QED) is 0.794. The lowest BCUT2D eigenvalue weighted by atomic mass is 9.82. The van der Waals surface area contributed by atoms with Crippen molar-refractivity contribution in [2.75, 3.05) is 6.54 Å². The van der Waals surface area contributed by atoms with Crippen LogP contribution in [0.2, 0.25) is 0 Å². The van der Waals surface area contributed by atoms with Gasteiger partial charge in [0.25, 0.3) is 5.91 Å². The minimum absolute atomic E-state index is 0.124. The molecule has 0 saturated heterocycles. The Kier molecular flexibility index (Phi) is 4.31. The first-order valence-corrected chi connectivity index (χ1v) is 5.59. The van der Waals surface area contributed by atoms with Gasteiger partial charge in [-0.3, -0.25) is 9.59 Å². The predicted octanol–water partition coefficient (Wildman–Crippen LogP) is 1.90. The minimum Gasteiger partial charge on any atom is -0.481 e. The number of nitrogens with one attached hydrogen (secondary N) is 1. The second kappa shape index (κ2) is 5.52. The Balaban J connectivity index is 2.65. The van der Waals surface area contributed by atoms with Crippen LogP contribution in [0.4, 0.5) is 0 Å². The summed E-state index contributed by atoms with van der Waals surface area (Å²) in [6, 6.07) is 1.54. The van der Waals surface area contributed by atoms with Crippen LogP contribution in [-0.2, 0) is 4.79 Å². The summed E-state index contributed by atoms with van der Waals surface area (Å²) in [5.41, 5.74) is -0.490. The van der Waals surface area contributed by atoms with Crippen molar-refractivity contribution in [3.63, 3.8) is 0 Å². The number of aliphatic carboxylic acids is 1. The minimum atomic E-state index is -0.889. The van der Waals surface area contributed by atoms with Crippen LogP contribution in [0.1, 0.15) is 37.0 Å². The van der Waals surface area contributed by atoms with Gasteiger partial charge in [0, 0.05) is 6.54 Å². The lowest BCUT2D eigenvalue weighted by molar-refractivity contribution is -0.149. The van der Waals surface area contributed by atoms with Gasteiger partial charge in [-0.2, -0.15) is 0 Å². The molecule has 0 aliphatic heterocycles. The molecule has 0 atom stereocenters. The van der Waals surface area contributed by atoms with Gasteiger partial charge in [-0.05, 0) is 18.9 Å². The molecule has 0 fully saturated rings. The Morgan fingerprint density at radius 1 is 1.41 bits per heavy atom. The molecule has 0 unspecified atom stereocenters. The summed E-state index contributed by atoms with van der Waals surface area (Å²) in [5.74, 6) is -1.19. The Labute approximate surface area is 99.8 Å². The average molecular weight is 239 g/mol. The number of amides is 1. The zero-order chi connectivity index (χ0) is 12.9.